The minimum absolute atomic E-state index is 0.0345. The van der Waals surface area contributed by atoms with Crippen LogP contribution in [0.1, 0.15) is 24.4 Å². The fraction of sp³-hybridized carbons (Fsp3) is 0.412. The van der Waals surface area contributed by atoms with E-state index in [1.54, 1.807) is 25.8 Å². The number of thiazole rings is 1. The molecular weight excluding hydrogens is 328 g/mol. The molecule has 1 aliphatic heterocycles. The normalized spacial score (nSPS) is 17.1. The molecule has 6 nitrogen and oxygen atoms in total. The van der Waals surface area contributed by atoms with Crippen molar-refractivity contribution >= 4 is 17.2 Å². The van der Waals surface area contributed by atoms with Gasteiger partial charge in [0.15, 0.2) is 0 Å². The number of hydrogen-bond acceptors (Lipinski definition) is 5. The van der Waals surface area contributed by atoms with E-state index < -0.39 is 0 Å². The molecule has 0 saturated carbocycles. The minimum atomic E-state index is -0.110. The number of aromatic nitrogens is 1. The first-order chi connectivity index (χ1) is 11.6. The highest BCUT2D eigenvalue weighted by molar-refractivity contribution is 7.07. The Labute approximate surface area is 144 Å². The molecule has 0 spiro atoms. The van der Waals surface area contributed by atoms with E-state index in [0.29, 0.717) is 12.3 Å². The van der Waals surface area contributed by atoms with Gasteiger partial charge in [0.2, 0.25) is 5.91 Å². The molecule has 2 aromatic rings. The highest BCUT2D eigenvalue weighted by atomic mass is 32.1. The molecule has 1 saturated heterocycles. The summed E-state index contributed by atoms with van der Waals surface area (Å²) in [6, 6.07) is 5.62. The standard InChI is InChI=1S/C17H20N2O4S/c1-22-12-5-6-13(15(10-12)23-2)14-4-3-7-19(14)16(20)11-18-8-9-24-17(18)21/h5-6,8-10,14H,3-4,7,11H2,1-2H3/t14-/m0/s1. The zero-order valence-electron chi connectivity index (χ0n) is 13.7. The van der Waals surface area contributed by atoms with Gasteiger partial charge in [-0.1, -0.05) is 11.3 Å². The van der Waals surface area contributed by atoms with Crippen molar-refractivity contribution < 1.29 is 14.3 Å². The third-order valence-corrected chi connectivity index (χ3v) is 5.02. The van der Waals surface area contributed by atoms with Crippen molar-refractivity contribution in [3.05, 3.63) is 45.0 Å². The summed E-state index contributed by atoms with van der Waals surface area (Å²) >= 11 is 1.10. The number of likely N-dealkylation sites (tertiary alicyclic amines) is 1. The molecule has 1 atom stereocenters. The van der Waals surface area contributed by atoms with Gasteiger partial charge in [0.1, 0.15) is 18.0 Å². The second-order valence-electron chi connectivity index (χ2n) is 5.65. The molecule has 1 aromatic carbocycles. The first-order valence-electron chi connectivity index (χ1n) is 7.79. The van der Waals surface area contributed by atoms with E-state index in [1.165, 1.54) is 4.57 Å². The number of amides is 1. The van der Waals surface area contributed by atoms with Crippen LogP contribution >= 0.6 is 11.3 Å². The van der Waals surface area contributed by atoms with Crippen molar-refractivity contribution in [2.75, 3.05) is 20.8 Å². The van der Waals surface area contributed by atoms with Crippen molar-refractivity contribution in [3.8, 4) is 11.5 Å². The average molecular weight is 348 g/mol. The lowest BCUT2D eigenvalue weighted by molar-refractivity contribution is -0.132. The van der Waals surface area contributed by atoms with Gasteiger partial charge < -0.3 is 14.4 Å². The summed E-state index contributed by atoms with van der Waals surface area (Å²) in [6.07, 6.45) is 3.47. The van der Waals surface area contributed by atoms with Crippen LogP contribution in [0.15, 0.2) is 34.6 Å². The Bertz CT molecular complexity index is 783. The lowest BCUT2D eigenvalue weighted by atomic mass is 10.0. The fourth-order valence-electron chi connectivity index (χ4n) is 3.13. The van der Waals surface area contributed by atoms with Crippen LogP contribution in [0.25, 0.3) is 0 Å². The van der Waals surface area contributed by atoms with Crippen LogP contribution in [0.3, 0.4) is 0 Å². The SMILES string of the molecule is COc1ccc([C@@H]2CCCN2C(=O)Cn2ccsc2=O)c(OC)c1. The summed E-state index contributed by atoms with van der Waals surface area (Å²) in [5.74, 6) is 1.39. The summed E-state index contributed by atoms with van der Waals surface area (Å²) in [7, 11) is 3.22. The maximum Gasteiger partial charge on any atom is 0.307 e. The smallest absolute Gasteiger partial charge is 0.307 e. The number of carbonyl (C=O) groups excluding carboxylic acids is 1. The van der Waals surface area contributed by atoms with E-state index in [4.69, 9.17) is 9.47 Å². The topological polar surface area (TPSA) is 60.8 Å². The van der Waals surface area contributed by atoms with E-state index in [-0.39, 0.29) is 23.4 Å². The van der Waals surface area contributed by atoms with Crippen molar-refractivity contribution in [3.63, 3.8) is 0 Å². The summed E-state index contributed by atoms with van der Waals surface area (Å²) in [4.78, 5) is 26.1. The first-order valence-corrected chi connectivity index (χ1v) is 8.67. The number of benzene rings is 1. The van der Waals surface area contributed by atoms with Crippen LogP contribution in [-0.2, 0) is 11.3 Å². The van der Waals surface area contributed by atoms with Crippen LogP contribution < -0.4 is 14.3 Å². The molecule has 0 unspecified atom stereocenters. The number of rotatable bonds is 5. The van der Waals surface area contributed by atoms with E-state index in [9.17, 15) is 9.59 Å². The molecule has 1 aromatic heterocycles. The molecular formula is C17H20N2O4S. The molecule has 3 rings (SSSR count). The molecule has 0 aliphatic carbocycles. The molecule has 1 fully saturated rings. The molecule has 128 valence electrons. The van der Waals surface area contributed by atoms with Gasteiger partial charge in [-0.3, -0.25) is 14.2 Å². The molecule has 1 aliphatic rings. The Morgan fingerprint density at radius 3 is 2.83 bits per heavy atom. The number of nitrogens with zero attached hydrogens (tertiary/aromatic N) is 2. The lowest BCUT2D eigenvalue weighted by Crippen LogP contribution is -2.35. The van der Waals surface area contributed by atoms with Gasteiger partial charge in [0.25, 0.3) is 0 Å². The fourth-order valence-corrected chi connectivity index (χ4v) is 3.71. The van der Waals surface area contributed by atoms with Gasteiger partial charge in [0.05, 0.1) is 20.3 Å². The van der Waals surface area contributed by atoms with Gasteiger partial charge in [-0.05, 0) is 25.0 Å². The molecule has 24 heavy (non-hydrogen) atoms. The van der Waals surface area contributed by atoms with Crippen molar-refractivity contribution in [1.29, 1.82) is 0 Å². The quantitative estimate of drug-likeness (QED) is 0.832. The molecule has 0 radical (unpaired) electrons. The Morgan fingerprint density at radius 1 is 1.33 bits per heavy atom. The average Bonchev–Trinajstić information content (AvgIpc) is 3.23. The second-order valence-corrected chi connectivity index (χ2v) is 6.51. The Kier molecular flexibility index (Phi) is 4.89. The van der Waals surface area contributed by atoms with Crippen molar-refractivity contribution in [2.24, 2.45) is 0 Å². The van der Waals surface area contributed by atoms with Crippen molar-refractivity contribution in [2.45, 2.75) is 25.4 Å². The number of methoxy groups -OCH3 is 2. The predicted molar refractivity (Wildman–Crippen MR) is 91.8 cm³/mol. The highest BCUT2D eigenvalue weighted by Crippen LogP contribution is 2.38. The Hall–Kier alpha value is -2.28. The summed E-state index contributed by atoms with van der Waals surface area (Å²) in [6.45, 7) is 0.773. The zero-order valence-corrected chi connectivity index (χ0v) is 14.5. The van der Waals surface area contributed by atoms with Crippen LogP contribution in [0.2, 0.25) is 0 Å². The highest BCUT2D eigenvalue weighted by Gasteiger charge is 2.32. The summed E-state index contributed by atoms with van der Waals surface area (Å²) < 4.78 is 12.2. The van der Waals surface area contributed by atoms with Crippen LogP contribution in [0, 0.1) is 0 Å². The third-order valence-electron chi connectivity index (χ3n) is 4.32. The Morgan fingerprint density at radius 2 is 2.17 bits per heavy atom. The molecule has 0 bridgehead atoms. The van der Waals surface area contributed by atoms with Gasteiger partial charge in [0, 0.05) is 29.8 Å². The maximum absolute atomic E-state index is 12.7. The molecule has 1 amide bonds. The maximum atomic E-state index is 12.7. The first kappa shape index (κ1) is 16.6. The van der Waals surface area contributed by atoms with E-state index in [2.05, 4.69) is 0 Å². The van der Waals surface area contributed by atoms with Gasteiger partial charge in [-0.2, -0.15) is 0 Å². The molecule has 0 N–H and O–H groups in total. The number of carbonyl (C=O) groups is 1. The summed E-state index contributed by atoms with van der Waals surface area (Å²) in [5.41, 5.74) is 0.974. The zero-order chi connectivity index (χ0) is 17.1. The van der Waals surface area contributed by atoms with Crippen LogP contribution in [0.4, 0.5) is 0 Å². The Balaban J connectivity index is 1.84. The van der Waals surface area contributed by atoms with Gasteiger partial charge in [-0.15, -0.1) is 0 Å². The third kappa shape index (κ3) is 3.17. The largest absolute Gasteiger partial charge is 0.497 e. The molecule has 2 heterocycles. The van der Waals surface area contributed by atoms with Crippen LogP contribution in [0.5, 0.6) is 11.5 Å². The van der Waals surface area contributed by atoms with Crippen molar-refractivity contribution in [1.82, 2.24) is 9.47 Å². The second kappa shape index (κ2) is 7.09. The predicted octanol–water partition coefficient (Wildman–Crippen LogP) is 2.29. The van der Waals surface area contributed by atoms with E-state index >= 15 is 0 Å². The van der Waals surface area contributed by atoms with E-state index in [0.717, 1.165) is 35.5 Å². The molecule has 7 heteroatoms. The van der Waals surface area contributed by atoms with Crippen LogP contribution in [-0.4, -0.2) is 36.1 Å². The monoisotopic (exact) mass is 348 g/mol. The minimum Gasteiger partial charge on any atom is -0.497 e. The van der Waals surface area contributed by atoms with Gasteiger partial charge in [-0.25, -0.2) is 0 Å². The van der Waals surface area contributed by atoms with Gasteiger partial charge >= 0.3 is 4.87 Å². The lowest BCUT2D eigenvalue weighted by Gasteiger charge is -2.26. The number of hydrogen-bond donors (Lipinski definition) is 0. The summed E-state index contributed by atoms with van der Waals surface area (Å²) in [5, 5.41) is 1.70. The number of ether oxygens (including phenoxy) is 2. The van der Waals surface area contributed by atoms with E-state index in [1.807, 2.05) is 23.1 Å².